The van der Waals surface area contributed by atoms with Gasteiger partial charge in [-0.1, -0.05) is 69.3 Å². The Labute approximate surface area is 114 Å². The molecule has 0 bridgehead atoms. The zero-order chi connectivity index (χ0) is 13.0. The van der Waals surface area contributed by atoms with Crippen molar-refractivity contribution in [2.45, 2.75) is 30.9 Å². The first-order valence-electron chi connectivity index (χ1n) is 6.34. The Hall–Kier alpha value is -1.21. The molecule has 1 atom stereocenters. The number of thioether (sulfide) groups is 1. The average Bonchev–Trinajstić information content (AvgIpc) is 2.37. The first-order valence-corrected chi connectivity index (χ1v) is 7.22. The lowest BCUT2D eigenvalue weighted by atomic mass is 9.87. The molecule has 0 nitrogen and oxygen atoms in total. The van der Waals surface area contributed by atoms with Gasteiger partial charge in [-0.15, -0.1) is 11.8 Å². The van der Waals surface area contributed by atoms with E-state index in [4.69, 9.17) is 0 Å². The summed E-state index contributed by atoms with van der Waals surface area (Å²) in [5.41, 5.74) is 1.64. The molecular weight excluding hydrogens is 236 g/mol. The maximum Gasteiger partial charge on any atom is 0.0392 e. The van der Waals surface area contributed by atoms with Crippen LogP contribution in [0.5, 0.6) is 0 Å². The zero-order valence-corrected chi connectivity index (χ0v) is 12.1. The molecule has 2 aromatic rings. The summed E-state index contributed by atoms with van der Waals surface area (Å²) in [5, 5.41) is 0.473. The van der Waals surface area contributed by atoms with Crippen LogP contribution in [0.3, 0.4) is 0 Å². The third-order valence-electron chi connectivity index (χ3n) is 2.89. The van der Waals surface area contributed by atoms with Crippen LogP contribution in [0.4, 0.5) is 0 Å². The van der Waals surface area contributed by atoms with Crippen LogP contribution in [-0.4, -0.2) is 0 Å². The predicted octanol–water partition coefficient (Wildman–Crippen LogP) is 5.57. The van der Waals surface area contributed by atoms with Crippen LogP contribution in [0.1, 0.15) is 31.6 Å². The second-order valence-corrected chi connectivity index (χ2v) is 6.77. The smallest absolute Gasteiger partial charge is 0.0392 e. The molecular formula is C17H20S. The Bertz CT molecular complexity index is 468. The van der Waals surface area contributed by atoms with E-state index in [0.717, 1.165) is 0 Å². The maximum atomic E-state index is 2.31. The summed E-state index contributed by atoms with van der Waals surface area (Å²) in [4.78, 5) is 1.33. The normalized spacial score (nSPS) is 13.3. The van der Waals surface area contributed by atoms with Gasteiger partial charge in [-0.2, -0.15) is 0 Å². The van der Waals surface area contributed by atoms with Gasteiger partial charge in [0.15, 0.2) is 0 Å². The van der Waals surface area contributed by atoms with Gasteiger partial charge >= 0.3 is 0 Å². The molecule has 18 heavy (non-hydrogen) atoms. The molecule has 0 saturated carbocycles. The van der Waals surface area contributed by atoms with Crippen LogP contribution in [0.2, 0.25) is 0 Å². The molecule has 0 aliphatic heterocycles. The number of hydrogen-bond acceptors (Lipinski definition) is 1. The minimum Gasteiger partial charge on any atom is -0.117 e. The molecule has 0 saturated heterocycles. The second-order valence-electron chi connectivity index (χ2n) is 5.59. The van der Waals surface area contributed by atoms with Crippen LogP contribution in [0.15, 0.2) is 65.6 Å². The average molecular weight is 256 g/mol. The molecule has 0 amide bonds. The summed E-state index contributed by atoms with van der Waals surface area (Å²) in [6.45, 7) is 6.92. The molecule has 2 rings (SSSR count). The van der Waals surface area contributed by atoms with Crippen molar-refractivity contribution in [2.24, 2.45) is 5.41 Å². The summed E-state index contributed by atoms with van der Waals surface area (Å²) in [5.74, 6) is 0. The van der Waals surface area contributed by atoms with Crippen molar-refractivity contribution in [1.29, 1.82) is 0 Å². The van der Waals surface area contributed by atoms with Crippen molar-refractivity contribution in [1.82, 2.24) is 0 Å². The van der Waals surface area contributed by atoms with E-state index >= 15 is 0 Å². The monoisotopic (exact) mass is 256 g/mol. The fourth-order valence-corrected chi connectivity index (χ4v) is 3.24. The first-order chi connectivity index (χ1) is 8.57. The van der Waals surface area contributed by atoms with Gasteiger partial charge in [-0.05, 0) is 23.1 Å². The minimum atomic E-state index is 0.238. The Morgan fingerprint density at radius 3 is 1.78 bits per heavy atom. The highest BCUT2D eigenvalue weighted by atomic mass is 32.2. The molecule has 0 radical (unpaired) electrons. The molecule has 1 unspecified atom stereocenters. The van der Waals surface area contributed by atoms with Gasteiger partial charge in [-0.3, -0.25) is 0 Å². The number of hydrogen-bond donors (Lipinski definition) is 0. The molecule has 0 heterocycles. The molecule has 0 aliphatic rings. The van der Waals surface area contributed by atoms with Crippen molar-refractivity contribution < 1.29 is 0 Å². The van der Waals surface area contributed by atoms with E-state index < -0.39 is 0 Å². The molecule has 0 spiro atoms. The standard InChI is InChI=1S/C17H20S/c1-17(2,3)16(14-10-6-4-7-11-14)18-15-12-8-5-9-13-15/h4-13,16H,1-3H3. The van der Waals surface area contributed by atoms with E-state index in [9.17, 15) is 0 Å². The first kappa shape index (κ1) is 13.2. The van der Waals surface area contributed by atoms with E-state index in [2.05, 4.69) is 81.4 Å². The van der Waals surface area contributed by atoms with Crippen molar-refractivity contribution in [3.63, 3.8) is 0 Å². The third kappa shape index (κ3) is 3.39. The fraction of sp³-hybridized carbons (Fsp3) is 0.294. The Kier molecular flexibility index (Phi) is 4.13. The summed E-state index contributed by atoms with van der Waals surface area (Å²) < 4.78 is 0. The molecule has 0 aliphatic carbocycles. The maximum absolute atomic E-state index is 2.31. The van der Waals surface area contributed by atoms with E-state index in [1.807, 2.05) is 11.8 Å². The number of rotatable bonds is 3. The van der Waals surface area contributed by atoms with Gasteiger partial charge in [-0.25, -0.2) is 0 Å². The summed E-state index contributed by atoms with van der Waals surface area (Å²) >= 11 is 1.95. The van der Waals surface area contributed by atoms with Crippen molar-refractivity contribution in [3.8, 4) is 0 Å². The number of benzene rings is 2. The van der Waals surface area contributed by atoms with E-state index in [1.54, 1.807) is 0 Å². The van der Waals surface area contributed by atoms with Crippen LogP contribution in [0.25, 0.3) is 0 Å². The molecule has 0 aromatic heterocycles. The van der Waals surface area contributed by atoms with Crippen molar-refractivity contribution >= 4 is 11.8 Å². The lowest BCUT2D eigenvalue weighted by molar-refractivity contribution is 0.401. The van der Waals surface area contributed by atoms with Crippen molar-refractivity contribution in [2.75, 3.05) is 0 Å². The topological polar surface area (TPSA) is 0 Å². The second kappa shape index (κ2) is 5.62. The van der Waals surface area contributed by atoms with Crippen LogP contribution < -0.4 is 0 Å². The summed E-state index contributed by atoms with van der Waals surface area (Å²) in [6, 6.07) is 21.4. The van der Waals surface area contributed by atoms with Gasteiger partial charge < -0.3 is 0 Å². The van der Waals surface area contributed by atoms with Gasteiger partial charge in [0, 0.05) is 10.1 Å². The van der Waals surface area contributed by atoms with Crippen LogP contribution in [-0.2, 0) is 0 Å². The van der Waals surface area contributed by atoms with Gasteiger partial charge in [0.2, 0.25) is 0 Å². The predicted molar refractivity (Wildman–Crippen MR) is 80.9 cm³/mol. The van der Waals surface area contributed by atoms with Crippen molar-refractivity contribution in [3.05, 3.63) is 66.2 Å². The summed E-state index contributed by atoms with van der Waals surface area (Å²) in [6.07, 6.45) is 0. The molecule has 1 heteroatoms. The van der Waals surface area contributed by atoms with E-state index in [0.29, 0.717) is 5.25 Å². The zero-order valence-electron chi connectivity index (χ0n) is 11.3. The Morgan fingerprint density at radius 2 is 1.28 bits per heavy atom. The van der Waals surface area contributed by atoms with E-state index in [-0.39, 0.29) is 5.41 Å². The molecule has 0 N–H and O–H groups in total. The lowest BCUT2D eigenvalue weighted by Crippen LogP contribution is -2.15. The Morgan fingerprint density at radius 1 is 0.778 bits per heavy atom. The SMILES string of the molecule is CC(C)(C)C(Sc1ccccc1)c1ccccc1. The van der Waals surface area contributed by atoms with E-state index in [1.165, 1.54) is 10.5 Å². The summed E-state index contributed by atoms with van der Waals surface area (Å²) in [7, 11) is 0. The Balaban J connectivity index is 2.28. The van der Waals surface area contributed by atoms with Gasteiger partial charge in [0.1, 0.15) is 0 Å². The fourth-order valence-electron chi connectivity index (χ4n) is 2.01. The third-order valence-corrected chi connectivity index (χ3v) is 4.65. The van der Waals surface area contributed by atoms with Crippen LogP contribution >= 0.6 is 11.8 Å². The highest BCUT2D eigenvalue weighted by Gasteiger charge is 2.26. The molecule has 94 valence electrons. The van der Waals surface area contributed by atoms with Gasteiger partial charge in [0.25, 0.3) is 0 Å². The molecule has 0 fully saturated rings. The molecule has 2 aromatic carbocycles. The highest BCUT2D eigenvalue weighted by molar-refractivity contribution is 7.99. The minimum absolute atomic E-state index is 0.238. The lowest BCUT2D eigenvalue weighted by Gasteiger charge is -2.30. The van der Waals surface area contributed by atoms with Gasteiger partial charge in [0.05, 0.1) is 0 Å². The quantitative estimate of drug-likeness (QED) is 0.647. The largest absolute Gasteiger partial charge is 0.117 e. The van der Waals surface area contributed by atoms with Crippen LogP contribution in [0, 0.1) is 5.41 Å². The highest BCUT2D eigenvalue weighted by Crippen LogP contribution is 2.46.